The van der Waals surface area contributed by atoms with E-state index in [1.165, 1.54) is 0 Å². The Morgan fingerprint density at radius 2 is 2.24 bits per heavy atom. The average Bonchev–Trinajstić information content (AvgIpc) is 2.71. The molecule has 0 aliphatic heterocycles. The van der Waals surface area contributed by atoms with E-state index < -0.39 is 0 Å². The van der Waals surface area contributed by atoms with Crippen molar-refractivity contribution in [3.8, 4) is 0 Å². The van der Waals surface area contributed by atoms with Gasteiger partial charge in [0.1, 0.15) is 0 Å². The second kappa shape index (κ2) is 4.92. The minimum absolute atomic E-state index is 0.202. The molecule has 2 rings (SSSR count). The first-order chi connectivity index (χ1) is 8.11. The molecule has 17 heavy (non-hydrogen) atoms. The van der Waals surface area contributed by atoms with E-state index in [4.69, 9.17) is 11.6 Å². The van der Waals surface area contributed by atoms with Crippen molar-refractivity contribution < 1.29 is 4.79 Å². The molecular weight excluding hydrogens is 234 g/mol. The molecule has 0 spiro atoms. The molecule has 0 fully saturated rings. The fourth-order valence-electron chi connectivity index (χ4n) is 1.90. The summed E-state index contributed by atoms with van der Waals surface area (Å²) in [6.07, 6.45) is 3.41. The highest BCUT2D eigenvalue weighted by molar-refractivity contribution is 6.31. The number of Topliss-reactive ketones (excluding diaryl/α,β-unsaturated/α-hetero) is 1. The number of rotatable bonds is 4. The van der Waals surface area contributed by atoms with Crippen molar-refractivity contribution in [2.24, 2.45) is 5.92 Å². The summed E-state index contributed by atoms with van der Waals surface area (Å²) < 4.78 is 0. The molecule has 2 aromatic rings. The van der Waals surface area contributed by atoms with Crippen molar-refractivity contribution in [3.05, 3.63) is 35.0 Å². The summed E-state index contributed by atoms with van der Waals surface area (Å²) in [5.41, 5.74) is 1.70. The van der Waals surface area contributed by atoms with Crippen molar-refractivity contribution in [2.75, 3.05) is 0 Å². The van der Waals surface area contributed by atoms with E-state index in [0.717, 1.165) is 22.9 Å². The minimum atomic E-state index is 0.202. The van der Waals surface area contributed by atoms with Crippen LogP contribution in [0.2, 0.25) is 5.02 Å². The first-order valence-corrected chi connectivity index (χ1v) is 6.29. The number of aromatic nitrogens is 1. The molecule has 1 aromatic carbocycles. The number of aromatic amines is 1. The lowest BCUT2D eigenvalue weighted by molar-refractivity contribution is 0.0965. The molecule has 3 heteroatoms. The van der Waals surface area contributed by atoms with Gasteiger partial charge in [0.2, 0.25) is 0 Å². The van der Waals surface area contributed by atoms with Gasteiger partial charge in [-0.15, -0.1) is 0 Å². The van der Waals surface area contributed by atoms with Crippen molar-refractivity contribution in [3.63, 3.8) is 0 Å². The van der Waals surface area contributed by atoms with Crippen LogP contribution in [0.4, 0.5) is 0 Å². The number of H-pyrrole nitrogens is 1. The van der Waals surface area contributed by atoms with Gasteiger partial charge in [0, 0.05) is 34.1 Å². The Bertz CT molecular complexity index is 544. The molecule has 0 aliphatic rings. The molecule has 0 saturated heterocycles. The Morgan fingerprint density at radius 3 is 2.94 bits per heavy atom. The van der Waals surface area contributed by atoms with Crippen LogP contribution in [-0.2, 0) is 0 Å². The highest BCUT2D eigenvalue weighted by Gasteiger charge is 2.14. The van der Waals surface area contributed by atoms with E-state index in [-0.39, 0.29) is 5.78 Å². The third-order valence-corrected chi connectivity index (χ3v) is 3.41. The third-order valence-electron chi connectivity index (χ3n) is 3.17. The smallest absolute Gasteiger partial charge is 0.165 e. The number of carbonyl (C=O) groups excluding carboxylic acids is 1. The maximum absolute atomic E-state index is 12.1. The Hall–Kier alpha value is -1.28. The highest BCUT2D eigenvalue weighted by atomic mass is 35.5. The number of hydrogen-bond acceptors (Lipinski definition) is 1. The van der Waals surface area contributed by atoms with E-state index in [1.807, 2.05) is 18.2 Å². The van der Waals surface area contributed by atoms with Crippen LogP contribution in [0.25, 0.3) is 10.9 Å². The maximum atomic E-state index is 12.1. The van der Waals surface area contributed by atoms with Crippen LogP contribution in [0.1, 0.15) is 37.0 Å². The number of hydrogen-bond donors (Lipinski definition) is 1. The molecule has 1 unspecified atom stereocenters. The first kappa shape index (κ1) is 12.2. The van der Waals surface area contributed by atoms with Gasteiger partial charge in [0.05, 0.1) is 0 Å². The predicted molar refractivity (Wildman–Crippen MR) is 71.7 cm³/mol. The van der Waals surface area contributed by atoms with Gasteiger partial charge < -0.3 is 4.98 Å². The summed E-state index contributed by atoms with van der Waals surface area (Å²) in [5.74, 6) is 0.632. The van der Waals surface area contributed by atoms with Crippen molar-refractivity contribution >= 4 is 28.3 Å². The van der Waals surface area contributed by atoms with Gasteiger partial charge in [0.25, 0.3) is 0 Å². The Kier molecular flexibility index (Phi) is 3.53. The minimum Gasteiger partial charge on any atom is -0.360 e. The molecular formula is C14H16ClNO. The molecule has 0 saturated carbocycles. The summed E-state index contributed by atoms with van der Waals surface area (Å²) in [4.78, 5) is 15.2. The van der Waals surface area contributed by atoms with E-state index in [2.05, 4.69) is 18.8 Å². The van der Waals surface area contributed by atoms with E-state index >= 15 is 0 Å². The van der Waals surface area contributed by atoms with E-state index in [0.29, 0.717) is 17.4 Å². The number of carbonyl (C=O) groups is 1. The zero-order chi connectivity index (χ0) is 12.4. The summed E-state index contributed by atoms with van der Waals surface area (Å²) in [5, 5.41) is 1.64. The Balaban J connectivity index is 2.33. The number of halogens is 1. The van der Waals surface area contributed by atoms with E-state index in [1.54, 1.807) is 6.20 Å². The normalized spacial score (nSPS) is 12.9. The predicted octanol–water partition coefficient (Wildman–Crippen LogP) is 4.44. The lowest BCUT2D eigenvalue weighted by Crippen LogP contribution is -2.04. The first-order valence-electron chi connectivity index (χ1n) is 5.91. The molecule has 1 heterocycles. The lowest BCUT2D eigenvalue weighted by atomic mass is 9.97. The zero-order valence-corrected chi connectivity index (χ0v) is 10.8. The van der Waals surface area contributed by atoms with Crippen LogP contribution in [-0.4, -0.2) is 10.8 Å². The summed E-state index contributed by atoms with van der Waals surface area (Å²) in [7, 11) is 0. The molecule has 0 bridgehead atoms. The largest absolute Gasteiger partial charge is 0.360 e. The number of nitrogens with one attached hydrogen (secondary N) is 1. The highest BCUT2D eigenvalue weighted by Crippen LogP contribution is 2.24. The molecule has 1 aromatic heterocycles. The fourth-order valence-corrected chi connectivity index (χ4v) is 2.07. The van der Waals surface area contributed by atoms with Crippen LogP contribution in [0.15, 0.2) is 24.4 Å². The quantitative estimate of drug-likeness (QED) is 0.799. The Morgan fingerprint density at radius 1 is 1.47 bits per heavy atom. The van der Waals surface area contributed by atoms with Crippen LogP contribution in [0.5, 0.6) is 0 Å². The van der Waals surface area contributed by atoms with Crippen molar-refractivity contribution in [1.29, 1.82) is 0 Å². The molecule has 1 atom stereocenters. The Labute approximate surface area is 106 Å². The number of ketones is 1. The lowest BCUT2D eigenvalue weighted by Gasteiger charge is -2.06. The summed E-state index contributed by atoms with van der Waals surface area (Å²) in [6, 6.07) is 5.56. The van der Waals surface area contributed by atoms with Gasteiger partial charge in [-0.3, -0.25) is 4.79 Å². The zero-order valence-electron chi connectivity index (χ0n) is 10.1. The second-order valence-electron chi connectivity index (χ2n) is 4.53. The molecule has 90 valence electrons. The standard InChI is InChI=1S/C14H16ClNO/c1-3-9(2)6-14(17)12-8-16-13-7-10(15)4-5-11(12)13/h4-5,7-9,16H,3,6H2,1-2H3. The van der Waals surface area contributed by atoms with E-state index in [9.17, 15) is 4.79 Å². The van der Waals surface area contributed by atoms with Crippen LogP contribution >= 0.6 is 11.6 Å². The molecule has 1 N–H and O–H groups in total. The maximum Gasteiger partial charge on any atom is 0.165 e. The third kappa shape index (κ3) is 2.52. The van der Waals surface area contributed by atoms with Crippen molar-refractivity contribution in [2.45, 2.75) is 26.7 Å². The molecule has 0 radical (unpaired) electrons. The van der Waals surface area contributed by atoms with Gasteiger partial charge >= 0.3 is 0 Å². The topological polar surface area (TPSA) is 32.9 Å². The van der Waals surface area contributed by atoms with Gasteiger partial charge in [-0.25, -0.2) is 0 Å². The van der Waals surface area contributed by atoms with Crippen LogP contribution in [0.3, 0.4) is 0 Å². The van der Waals surface area contributed by atoms with Gasteiger partial charge in [-0.1, -0.05) is 37.9 Å². The number of fused-ring (bicyclic) bond motifs is 1. The van der Waals surface area contributed by atoms with Crippen molar-refractivity contribution in [1.82, 2.24) is 4.98 Å². The van der Waals surface area contributed by atoms with Gasteiger partial charge in [0.15, 0.2) is 5.78 Å². The summed E-state index contributed by atoms with van der Waals surface area (Å²) in [6.45, 7) is 4.20. The van der Waals surface area contributed by atoms with Crippen LogP contribution < -0.4 is 0 Å². The average molecular weight is 250 g/mol. The SMILES string of the molecule is CCC(C)CC(=O)c1c[nH]c2cc(Cl)ccc12. The van der Waals surface area contributed by atoms with Gasteiger partial charge in [-0.05, 0) is 18.1 Å². The molecule has 0 aliphatic carbocycles. The second-order valence-corrected chi connectivity index (χ2v) is 4.97. The molecule has 2 nitrogen and oxygen atoms in total. The van der Waals surface area contributed by atoms with Crippen LogP contribution in [0, 0.1) is 5.92 Å². The summed E-state index contributed by atoms with van der Waals surface area (Å²) >= 11 is 5.91. The fraction of sp³-hybridized carbons (Fsp3) is 0.357. The van der Waals surface area contributed by atoms with Gasteiger partial charge in [-0.2, -0.15) is 0 Å². The molecule has 0 amide bonds. The monoisotopic (exact) mass is 249 g/mol. The number of benzene rings is 1.